The van der Waals surface area contributed by atoms with Gasteiger partial charge in [-0.3, -0.25) is 9.59 Å². The van der Waals surface area contributed by atoms with Crippen molar-refractivity contribution in [2.75, 3.05) is 0 Å². The minimum absolute atomic E-state index is 0.0315. The Kier molecular flexibility index (Phi) is 3.75. The molecule has 0 aromatic carbocycles. The van der Waals surface area contributed by atoms with Gasteiger partial charge in [0.15, 0.2) is 11.7 Å². The van der Waals surface area contributed by atoms with Crippen molar-refractivity contribution in [1.82, 2.24) is 9.97 Å². The van der Waals surface area contributed by atoms with Crippen molar-refractivity contribution in [3.8, 4) is 6.07 Å². The summed E-state index contributed by atoms with van der Waals surface area (Å²) in [6.07, 6.45) is 8.50. The minimum Gasteiger partial charge on any atom is -0.308 e. The summed E-state index contributed by atoms with van der Waals surface area (Å²) in [6.45, 7) is 0. The summed E-state index contributed by atoms with van der Waals surface area (Å²) < 4.78 is 0. The summed E-state index contributed by atoms with van der Waals surface area (Å²) in [7, 11) is 0. The van der Waals surface area contributed by atoms with E-state index >= 15 is 0 Å². The average Bonchev–Trinajstić information content (AvgIpc) is 3.35. The van der Waals surface area contributed by atoms with Gasteiger partial charge in [0.1, 0.15) is 10.7 Å². The number of H-pyrrole nitrogens is 1. The number of nitrogens with zero attached hydrogens (tertiary/aromatic N) is 2. The highest BCUT2D eigenvalue weighted by Crippen LogP contribution is 2.49. The van der Waals surface area contributed by atoms with E-state index < -0.39 is 5.92 Å². The molecule has 3 aliphatic rings. The van der Waals surface area contributed by atoms with Crippen LogP contribution in [0.3, 0.4) is 0 Å². The Labute approximate surface area is 155 Å². The van der Waals surface area contributed by atoms with Crippen LogP contribution in [0.4, 0.5) is 0 Å². The number of hydrogen-bond donors (Lipinski definition) is 1. The Balaban J connectivity index is 1.54. The van der Waals surface area contributed by atoms with Crippen LogP contribution >= 0.6 is 11.3 Å². The molecular formula is C20H21N3O2S. The van der Waals surface area contributed by atoms with E-state index in [1.807, 2.05) is 0 Å². The Morgan fingerprint density at radius 3 is 2.85 bits per heavy atom. The van der Waals surface area contributed by atoms with Gasteiger partial charge >= 0.3 is 0 Å². The quantitative estimate of drug-likeness (QED) is 0.900. The molecule has 134 valence electrons. The molecule has 5 nitrogen and oxygen atoms in total. The fraction of sp³-hybridized carbons (Fsp3) is 0.600. The van der Waals surface area contributed by atoms with Crippen LogP contribution in [0.1, 0.15) is 60.7 Å². The molecule has 0 spiro atoms. The molecule has 26 heavy (non-hydrogen) atoms. The SMILES string of the molecule is N#C[C@H](C(=O)[C@@H]1C[C@H]2CC[C@H]1C2)c1nc2sc3c(c2c(=O)[nH]1)CCCC3. The Morgan fingerprint density at radius 2 is 2.12 bits per heavy atom. The number of rotatable bonds is 3. The van der Waals surface area contributed by atoms with Crippen molar-refractivity contribution in [3.05, 3.63) is 26.6 Å². The predicted molar refractivity (Wildman–Crippen MR) is 99.2 cm³/mol. The van der Waals surface area contributed by atoms with Crippen molar-refractivity contribution in [1.29, 1.82) is 5.26 Å². The summed E-state index contributed by atoms with van der Waals surface area (Å²) in [4.78, 5) is 35.0. The number of aromatic amines is 1. The number of Topliss-reactive ketones (excluding diaryl/α,β-unsaturated/α-hetero) is 1. The van der Waals surface area contributed by atoms with Crippen molar-refractivity contribution < 1.29 is 4.79 Å². The molecule has 4 atom stereocenters. The zero-order valence-electron chi connectivity index (χ0n) is 14.6. The van der Waals surface area contributed by atoms with Crippen LogP contribution in [0, 0.1) is 29.1 Å². The van der Waals surface area contributed by atoms with Crippen LogP contribution in [0.15, 0.2) is 4.79 Å². The predicted octanol–water partition coefficient (Wildman–Crippen LogP) is 3.48. The van der Waals surface area contributed by atoms with Gasteiger partial charge in [-0.15, -0.1) is 11.3 Å². The van der Waals surface area contributed by atoms with E-state index in [1.165, 1.54) is 11.3 Å². The summed E-state index contributed by atoms with van der Waals surface area (Å²) in [5, 5.41) is 10.4. The number of aromatic nitrogens is 2. The lowest BCUT2D eigenvalue weighted by Gasteiger charge is -2.22. The first-order valence-electron chi connectivity index (χ1n) is 9.63. The van der Waals surface area contributed by atoms with Gasteiger partial charge in [0.2, 0.25) is 0 Å². The van der Waals surface area contributed by atoms with Crippen molar-refractivity contribution in [2.24, 2.45) is 17.8 Å². The van der Waals surface area contributed by atoms with Gasteiger partial charge in [-0.1, -0.05) is 6.42 Å². The van der Waals surface area contributed by atoms with E-state index in [-0.39, 0.29) is 23.1 Å². The van der Waals surface area contributed by atoms with E-state index in [1.54, 1.807) is 11.3 Å². The summed E-state index contributed by atoms with van der Waals surface area (Å²) in [6, 6.07) is 2.13. The van der Waals surface area contributed by atoms with Crippen LogP contribution in [-0.4, -0.2) is 15.8 Å². The van der Waals surface area contributed by atoms with Crippen molar-refractivity contribution in [3.63, 3.8) is 0 Å². The first kappa shape index (κ1) is 16.2. The molecule has 1 N–H and O–H groups in total. The number of carbonyl (C=O) groups excluding carboxylic acids is 1. The smallest absolute Gasteiger partial charge is 0.259 e. The summed E-state index contributed by atoms with van der Waals surface area (Å²) in [5.74, 6) is 0.297. The molecule has 2 bridgehead atoms. The zero-order valence-corrected chi connectivity index (χ0v) is 15.4. The van der Waals surface area contributed by atoms with Gasteiger partial charge in [-0.05, 0) is 62.3 Å². The molecule has 0 saturated heterocycles. The maximum Gasteiger partial charge on any atom is 0.259 e. The lowest BCUT2D eigenvalue weighted by atomic mass is 9.81. The van der Waals surface area contributed by atoms with Gasteiger partial charge in [-0.2, -0.15) is 5.26 Å². The molecule has 0 radical (unpaired) electrons. The molecule has 2 heterocycles. The number of thiophene rings is 1. The minimum atomic E-state index is -0.949. The lowest BCUT2D eigenvalue weighted by molar-refractivity contribution is -0.124. The van der Waals surface area contributed by atoms with E-state index in [0.717, 1.165) is 50.5 Å². The third-order valence-electron chi connectivity index (χ3n) is 6.63. The van der Waals surface area contributed by atoms with Gasteiger partial charge in [-0.25, -0.2) is 4.98 Å². The molecule has 6 heteroatoms. The van der Waals surface area contributed by atoms with Crippen LogP contribution in [0.25, 0.3) is 10.2 Å². The summed E-state index contributed by atoms with van der Waals surface area (Å²) >= 11 is 1.56. The fourth-order valence-electron chi connectivity index (χ4n) is 5.38. The molecule has 2 aromatic rings. The van der Waals surface area contributed by atoms with Crippen LogP contribution < -0.4 is 5.56 Å². The lowest BCUT2D eigenvalue weighted by Crippen LogP contribution is -2.28. The third kappa shape index (κ3) is 2.37. The number of hydrogen-bond acceptors (Lipinski definition) is 5. The topological polar surface area (TPSA) is 86.6 Å². The number of ketones is 1. The van der Waals surface area contributed by atoms with Gasteiger partial charge in [0.05, 0.1) is 11.5 Å². The number of nitriles is 1. The third-order valence-corrected chi connectivity index (χ3v) is 7.82. The number of fused-ring (bicyclic) bond motifs is 5. The van der Waals surface area contributed by atoms with Gasteiger partial charge in [0, 0.05) is 10.8 Å². The van der Waals surface area contributed by atoms with Crippen LogP contribution in [0.2, 0.25) is 0 Å². The number of nitrogens with one attached hydrogen (secondary N) is 1. The molecule has 0 unspecified atom stereocenters. The van der Waals surface area contributed by atoms with E-state index in [9.17, 15) is 14.9 Å². The molecule has 0 amide bonds. The standard InChI is InChI=1S/C20H21N3O2S/c21-9-14(17(24)13-8-10-5-6-11(13)7-10)18-22-19(25)16-12-3-1-2-4-15(12)26-20(16)23-18/h10-11,13-14H,1-8H2,(H,22,23,25)/t10-,11-,13+,14+/m0/s1. The zero-order chi connectivity index (χ0) is 17.8. The van der Waals surface area contributed by atoms with Gasteiger partial charge < -0.3 is 4.98 Å². The maximum atomic E-state index is 13.0. The Bertz CT molecular complexity index is 999. The number of carbonyl (C=O) groups is 1. The second-order valence-corrected chi connectivity index (χ2v) is 9.17. The van der Waals surface area contributed by atoms with E-state index in [2.05, 4.69) is 16.0 Å². The molecule has 2 aromatic heterocycles. The molecule has 0 aliphatic heterocycles. The fourth-order valence-corrected chi connectivity index (χ4v) is 6.65. The first-order chi connectivity index (χ1) is 12.7. The van der Waals surface area contributed by atoms with E-state index in [0.29, 0.717) is 22.1 Å². The monoisotopic (exact) mass is 367 g/mol. The van der Waals surface area contributed by atoms with Crippen molar-refractivity contribution in [2.45, 2.75) is 57.3 Å². The second-order valence-electron chi connectivity index (χ2n) is 8.09. The molecule has 2 saturated carbocycles. The van der Waals surface area contributed by atoms with Gasteiger partial charge in [0.25, 0.3) is 5.56 Å². The Hall–Kier alpha value is -2.00. The normalized spacial score (nSPS) is 28.0. The highest BCUT2D eigenvalue weighted by Gasteiger charge is 2.45. The average molecular weight is 367 g/mol. The molecular weight excluding hydrogens is 346 g/mol. The summed E-state index contributed by atoms with van der Waals surface area (Å²) in [5.41, 5.74) is 0.940. The second kappa shape index (κ2) is 6.02. The molecule has 2 fully saturated rings. The maximum absolute atomic E-state index is 13.0. The first-order valence-corrected chi connectivity index (χ1v) is 10.4. The molecule has 5 rings (SSSR count). The van der Waals surface area contributed by atoms with Crippen LogP contribution in [-0.2, 0) is 17.6 Å². The molecule has 3 aliphatic carbocycles. The van der Waals surface area contributed by atoms with Crippen molar-refractivity contribution >= 4 is 27.3 Å². The van der Waals surface area contributed by atoms with E-state index in [4.69, 9.17) is 0 Å². The highest BCUT2D eigenvalue weighted by molar-refractivity contribution is 7.18. The highest BCUT2D eigenvalue weighted by atomic mass is 32.1. The largest absolute Gasteiger partial charge is 0.308 e. The van der Waals surface area contributed by atoms with Crippen LogP contribution in [0.5, 0.6) is 0 Å². The Morgan fingerprint density at radius 1 is 1.27 bits per heavy atom. The number of aryl methyl sites for hydroxylation is 2.